The molecule has 0 saturated carbocycles. The van der Waals surface area contributed by atoms with E-state index in [9.17, 15) is 13.2 Å². The molecule has 1 amide bonds. The average molecular weight is 439 g/mol. The zero-order chi connectivity index (χ0) is 20.6. The van der Waals surface area contributed by atoms with E-state index in [1.165, 1.54) is 18.2 Å². The van der Waals surface area contributed by atoms with Crippen LogP contribution in [-0.2, 0) is 10.0 Å². The Bertz CT molecular complexity index is 1050. The van der Waals surface area contributed by atoms with Crippen LogP contribution in [0.5, 0.6) is 11.5 Å². The molecule has 29 heavy (non-hydrogen) atoms. The molecule has 1 saturated heterocycles. The number of fused-ring (bicyclic) bond motifs is 1. The highest BCUT2D eigenvalue weighted by Crippen LogP contribution is 2.35. The van der Waals surface area contributed by atoms with E-state index in [1.807, 2.05) is 18.2 Å². The number of hydrogen-bond donors (Lipinski definition) is 2. The molecule has 0 aliphatic carbocycles. The maximum absolute atomic E-state index is 12.5. The van der Waals surface area contributed by atoms with Crippen molar-refractivity contribution in [3.05, 3.63) is 47.0 Å². The van der Waals surface area contributed by atoms with E-state index in [0.29, 0.717) is 26.2 Å². The van der Waals surface area contributed by atoms with Gasteiger partial charge < -0.3 is 14.4 Å². The average Bonchev–Trinajstić information content (AvgIpc) is 3.16. The van der Waals surface area contributed by atoms with E-state index in [1.54, 1.807) is 5.01 Å². The van der Waals surface area contributed by atoms with E-state index in [2.05, 4.69) is 10.3 Å². The third-order valence-electron chi connectivity index (χ3n) is 4.76. The number of nitrogens with two attached hydrogens (primary N) is 1. The lowest BCUT2D eigenvalue weighted by Gasteiger charge is -2.36. The van der Waals surface area contributed by atoms with E-state index < -0.39 is 15.9 Å². The Balaban J connectivity index is 1.38. The number of nitrogens with zero attached hydrogens (tertiary/aromatic N) is 2. The number of piperazine rings is 1. The Morgan fingerprint density at radius 1 is 1.03 bits per heavy atom. The summed E-state index contributed by atoms with van der Waals surface area (Å²) in [5, 5.41) is 6.90. The lowest BCUT2D eigenvalue weighted by atomic mass is 10.2. The predicted octanol–water partition coefficient (Wildman–Crippen LogP) is 1.18. The van der Waals surface area contributed by atoms with Crippen LogP contribution in [-0.4, -0.2) is 52.3 Å². The summed E-state index contributed by atoms with van der Waals surface area (Å²) in [4.78, 5) is 14.4. The highest BCUT2D eigenvalue weighted by atomic mass is 35.5. The molecular weight excluding hydrogens is 420 g/mol. The van der Waals surface area contributed by atoms with E-state index in [-0.39, 0.29) is 22.3 Å². The molecule has 4 rings (SSSR count). The summed E-state index contributed by atoms with van der Waals surface area (Å²) >= 11 is 5.86. The summed E-state index contributed by atoms with van der Waals surface area (Å²) in [6, 6.07) is 9.78. The molecule has 0 atom stereocenters. The molecule has 9 nitrogen and oxygen atoms in total. The predicted molar refractivity (Wildman–Crippen MR) is 107 cm³/mol. The first-order valence-corrected chi connectivity index (χ1v) is 10.8. The van der Waals surface area contributed by atoms with Gasteiger partial charge in [-0.25, -0.2) is 18.6 Å². The van der Waals surface area contributed by atoms with Crippen LogP contribution in [0.1, 0.15) is 10.4 Å². The van der Waals surface area contributed by atoms with Crippen LogP contribution in [0.3, 0.4) is 0 Å². The van der Waals surface area contributed by atoms with Gasteiger partial charge in [0.1, 0.15) is 4.90 Å². The molecule has 2 aliphatic rings. The molecule has 11 heteroatoms. The zero-order valence-corrected chi connectivity index (χ0v) is 16.9. The number of carbonyl (C=O) groups is 1. The van der Waals surface area contributed by atoms with E-state index in [4.69, 9.17) is 26.2 Å². The van der Waals surface area contributed by atoms with Crippen molar-refractivity contribution in [1.82, 2.24) is 10.4 Å². The minimum Gasteiger partial charge on any atom is -0.454 e. The number of sulfonamides is 1. The Labute approximate surface area is 172 Å². The summed E-state index contributed by atoms with van der Waals surface area (Å²) < 4.78 is 33.9. The fourth-order valence-electron chi connectivity index (χ4n) is 3.23. The van der Waals surface area contributed by atoms with Gasteiger partial charge in [0.25, 0.3) is 5.91 Å². The third kappa shape index (κ3) is 4.25. The number of amides is 1. The topological polar surface area (TPSA) is 114 Å². The minimum absolute atomic E-state index is 0.0265. The molecule has 2 aromatic carbocycles. The first-order chi connectivity index (χ1) is 13.8. The van der Waals surface area contributed by atoms with E-state index >= 15 is 0 Å². The third-order valence-corrected chi connectivity index (χ3v) is 6.15. The van der Waals surface area contributed by atoms with Crippen molar-refractivity contribution in [3.8, 4) is 11.5 Å². The van der Waals surface area contributed by atoms with Crippen molar-refractivity contribution in [1.29, 1.82) is 0 Å². The Kier molecular flexibility index (Phi) is 5.26. The molecular formula is C18H19ClN4O5S. The van der Waals surface area contributed by atoms with Gasteiger partial charge in [0, 0.05) is 43.5 Å². The van der Waals surface area contributed by atoms with Crippen molar-refractivity contribution in [2.24, 2.45) is 5.14 Å². The van der Waals surface area contributed by atoms with Crippen LogP contribution in [0.2, 0.25) is 5.02 Å². The first kappa shape index (κ1) is 19.8. The highest BCUT2D eigenvalue weighted by molar-refractivity contribution is 7.89. The number of nitrogens with one attached hydrogen (secondary N) is 1. The molecule has 2 aromatic rings. The molecule has 0 spiro atoms. The molecule has 0 aromatic heterocycles. The Morgan fingerprint density at radius 2 is 1.76 bits per heavy atom. The normalized spacial score (nSPS) is 16.7. The molecule has 0 unspecified atom stereocenters. The number of hydrazine groups is 1. The van der Waals surface area contributed by atoms with Crippen molar-refractivity contribution < 1.29 is 22.7 Å². The first-order valence-electron chi connectivity index (χ1n) is 8.84. The number of rotatable bonds is 4. The summed E-state index contributed by atoms with van der Waals surface area (Å²) in [6.45, 7) is 2.81. The van der Waals surface area contributed by atoms with E-state index in [0.717, 1.165) is 17.2 Å². The lowest BCUT2D eigenvalue weighted by Crippen LogP contribution is -2.53. The second-order valence-electron chi connectivity index (χ2n) is 6.64. The SMILES string of the molecule is NS(=O)(=O)c1cc(C(=O)NN2CCN(c3ccc4c(c3)OCO4)CC2)ccc1Cl. The van der Waals surface area contributed by atoms with Crippen molar-refractivity contribution in [3.63, 3.8) is 0 Å². The van der Waals surface area contributed by atoms with Crippen LogP contribution in [0.25, 0.3) is 0 Å². The molecule has 1 fully saturated rings. The molecule has 3 N–H and O–H groups in total. The fraction of sp³-hybridized carbons (Fsp3) is 0.278. The van der Waals surface area contributed by atoms with Crippen LogP contribution in [0, 0.1) is 0 Å². The maximum atomic E-state index is 12.5. The van der Waals surface area contributed by atoms with Gasteiger partial charge in [-0.1, -0.05) is 11.6 Å². The van der Waals surface area contributed by atoms with Crippen molar-refractivity contribution in [2.45, 2.75) is 4.90 Å². The number of halogens is 1. The Morgan fingerprint density at radius 3 is 2.48 bits per heavy atom. The number of benzene rings is 2. The van der Waals surface area contributed by atoms with Crippen LogP contribution >= 0.6 is 11.6 Å². The second-order valence-corrected chi connectivity index (χ2v) is 8.58. The molecule has 154 valence electrons. The smallest absolute Gasteiger partial charge is 0.265 e. The molecule has 2 heterocycles. The number of ether oxygens (including phenoxy) is 2. The maximum Gasteiger partial charge on any atom is 0.265 e. The number of primary sulfonamides is 1. The monoisotopic (exact) mass is 438 g/mol. The van der Waals surface area contributed by atoms with Gasteiger partial charge >= 0.3 is 0 Å². The summed E-state index contributed by atoms with van der Waals surface area (Å²) in [7, 11) is -4.02. The van der Waals surface area contributed by atoms with Gasteiger partial charge in [-0.2, -0.15) is 0 Å². The van der Waals surface area contributed by atoms with Gasteiger partial charge in [-0.05, 0) is 30.3 Å². The summed E-state index contributed by atoms with van der Waals surface area (Å²) in [6.07, 6.45) is 0. The van der Waals surface area contributed by atoms with Gasteiger partial charge in [-0.15, -0.1) is 0 Å². The number of hydrogen-bond acceptors (Lipinski definition) is 7. The van der Waals surface area contributed by atoms with Gasteiger partial charge in [-0.3, -0.25) is 10.2 Å². The molecule has 0 bridgehead atoms. The Hall–Kier alpha value is -2.53. The summed E-state index contributed by atoms with van der Waals surface area (Å²) in [5.41, 5.74) is 3.98. The van der Waals surface area contributed by atoms with Crippen LogP contribution in [0.15, 0.2) is 41.3 Å². The summed E-state index contributed by atoms with van der Waals surface area (Å²) in [5.74, 6) is 1.04. The van der Waals surface area contributed by atoms with Crippen molar-refractivity contribution >= 4 is 33.2 Å². The molecule has 2 aliphatic heterocycles. The number of carbonyl (C=O) groups excluding carboxylic acids is 1. The fourth-order valence-corrected chi connectivity index (χ4v) is 4.30. The van der Waals surface area contributed by atoms with Crippen LogP contribution < -0.4 is 24.9 Å². The van der Waals surface area contributed by atoms with Crippen LogP contribution in [0.4, 0.5) is 5.69 Å². The van der Waals surface area contributed by atoms with Gasteiger partial charge in [0.2, 0.25) is 16.8 Å². The van der Waals surface area contributed by atoms with Crippen molar-refractivity contribution in [2.75, 3.05) is 37.9 Å². The zero-order valence-electron chi connectivity index (χ0n) is 15.3. The second kappa shape index (κ2) is 7.71. The van der Waals surface area contributed by atoms with Gasteiger partial charge in [0.05, 0.1) is 5.02 Å². The molecule has 0 radical (unpaired) electrons. The quantitative estimate of drug-likeness (QED) is 0.736. The highest BCUT2D eigenvalue weighted by Gasteiger charge is 2.22. The minimum atomic E-state index is -4.02. The number of anilines is 1. The standard InChI is InChI=1S/C18H19ClN4O5S/c19-14-3-1-12(9-17(14)29(20,25)26)18(24)21-23-7-5-22(6-8-23)13-2-4-15-16(10-13)28-11-27-15/h1-4,9-10H,5-8,11H2,(H,21,24)(H2,20,25,26). The largest absolute Gasteiger partial charge is 0.454 e. The lowest BCUT2D eigenvalue weighted by molar-refractivity contribution is 0.0777. The van der Waals surface area contributed by atoms with Gasteiger partial charge in [0.15, 0.2) is 11.5 Å².